The minimum absolute atomic E-state index is 0.108. The maximum atomic E-state index is 13.1. The van der Waals surface area contributed by atoms with Gasteiger partial charge >= 0.3 is 5.97 Å². The third-order valence-corrected chi connectivity index (χ3v) is 7.05. The van der Waals surface area contributed by atoms with Gasteiger partial charge in [-0.2, -0.15) is 0 Å². The van der Waals surface area contributed by atoms with Gasteiger partial charge in [-0.25, -0.2) is 0 Å². The third-order valence-electron chi connectivity index (χ3n) is 5.83. The molecule has 5 heteroatoms. The van der Waals surface area contributed by atoms with Crippen LogP contribution >= 0.6 is 11.8 Å². The average Bonchev–Trinajstić information content (AvgIpc) is 3.12. The van der Waals surface area contributed by atoms with Crippen LogP contribution < -0.4 is 0 Å². The van der Waals surface area contributed by atoms with Crippen molar-refractivity contribution in [3.05, 3.63) is 35.4 Å². The molecule has 1 amide bonds. The number of amides is 1. The first-order chi connectivity index (χ1) is 11.1. The van der Waals surface area contributed by atoms with Crippen molar-refractivity contribution in [1.82, 2.24) is 4.90 Å². The highest BCUT2D eigenvalue weighted by atomic mass is 32.2. The molecule has 23 heavy (non-hydrogen) atoms. The summed E-state index contributed by atoms with van der Waals surface area (Å²) in [7, 11) is 0. The van der Waals surface area contributed by atoms with Crippen molar-refractivity contribution in [3.63, 3.8) is 0 Å². The zero-order valence-electron chi connectivity index (χ0n) is 13.0. The molecule has 2 fully saturated rings. The molecule has 4 nitrogen and oxygen atoms in total. The van der Waals surface area contributed by atoms with Crippen molar-refractivity contribution in [2.75, 3.05) is 18.8 Å². The number of carboxylic acids is 1. The van der Waals surface area contributed by atoms with E-state index in [1.165, 1.54) is 5.56 Å². The van der Waals surface area contributed by atoms with E-state index in [0.717, 1.165) is 30.6 Å². The number of rotatable bonds is 2. The second-order valence-electron chi connectivity index (χ2n) is 6.97. The Morgan fingerprint density at radius 2 is 2.13 bits per heavy atom. The molecule has 0 radical (unpaired) electrons. The molecule has 0 spiro atoms. The number of carbonyl (C=O) groups is 2. The van der Waals surface area contributed by atoms with Crippen LogP contribution in [0, 0.1) is 11.3 Å². The summed E-state index contributed by atoms with van der Waals surface area (Å²) in [4.78, 5) is 26.7. The van der Waals surface area contributed by atoms with Gasteiger partial charge in [0.2, 0.25) is 5.91 Å². The van der Waals surface area contributed by atoms with E-state index in [1.807, 2.05) is 23.1 Å². The lowest BCUT2D eigenvalue weighted by Crippen LogP contribution is -2.38. The van der Waals surface area contributed by atoms with Gasteiger partial charge in [-0.1, -0.05) is 30.7 Å². The van der Waals surface area contributed by atoms with Crippen LogP contribution in [0.4, 0.5) is 0 Å². The Bertz CT molecular complexity index is 661. The number of aryl methyl sites for hydroxylation is 1. The van der Waals surface area contributed by atoms with Crippen molar-refractivity contribution in [2.45, 2.75) is 30.9 Å². The van der Waals surface area contributed by atoms with Crippen molar-refractivity contribution in [3.8, 4) is 0 Å². The quantitative estimate of drug-likeness (QED) is 0.905. The second-order valence-corrected chi connectivity index (χ2v) is 8.18. The number of fused-ring (bicyclic) bond motifs is 2. The number of thioether (sulfide) groups is 1. The maximum absolute atomic E-state index is 13.1. The van der Waals surface area contributed by atoms with Crippen LogP contribution in [-0.4, -0.2) is 40.7 Å². The average molecular weight is 331 g/mol. The summed E-state index contributed by atoms with van der Waals surface area (Å²) in [5.41, 5.74) is 1.70. The standard InChI is InChI=1S/C18H21NO3S/c20-16(15-14-6-2-1-4-12(14)7-9-23-15)19-10-13-5-3-8-18(13,11-19)17(21)22/h1-2,4,6,13,15H,3,5,7-11H2,(H,21,22)/t13-,15?,18+/m0/s1. The van der Waals surface area contributed by atoms with Crippen LogP contribution in [0.15, 0.2) is 24.3 Å². The van der Waals surface area contributed by atoms with Gasteiger partial charge in [0.1, 0.15) is 5.25 Å². The summed E-state index contributed by atoms with van der Waals surface area (Å²) >= 11 is 1.70. The zero-order valence-corrected chi connectivity index (χ0v) is 13.8. The Kier molecular flexibility index (Phi) is 3.63. The fourth-order valence-corrected chi connectivity index (χ4v) is 5.85. The molecule has 2 aliphatic heterocycles. The predicted molar refractivity (Wildman–Crippen MR) is 89.3 cm³/mol. The highest BCUT2D eigenvalue weighted by molar-refractivity contribution is 8.00. The lowest BCUT2D eigenvalue weighted by molar-refractivity contribution is -0.149. The second kappa shape index (κ2) is 5.55. The lowest BCUT2D eigenvalue weighted by atomic mass is 9.81. The maximum Gasteiger partial charge on any atom is 0.311 e. The Hall–Kier alpha value is -1.49. The van der Waals surface area contributed by atoms with E-state index < -0.39 is 11.4 Å². The number of benzene rings is 1. The predicted octanol–water partition coefficient (Wildman–Crippen LogP) is 2.73. The van der Waals surface area contributed by atoms with Crippen LogP contribution in [0.2, 0.25) is 0 Å². The number of carbonyl (C=O) groups excluding carboxylic acids is 1. The Balaban J connectivity index is 1.59. The van der Waals surface area contributed by atoms with E-state index in [1.54, 1.807) is 11.8 Å². The van der Waals surface area contributed by atoms with Gasteiger partial charge in [0.25, 0.3) is 0 Å². The molecule has 1 saturated carbocycles. The Labute approximate surface area is 140 Å². The molecule has 1 N–H and O–H groups in total. The van der Waals surface area contributed by atoms with Crippen LogP contribution in [0.5, 0.6) is 0 Å². The molecular formula is C18H21NO3S. The molecule has 1 aromatic carbocycles. The molecule has 1 aromatic rings. The molecule has 2 heterocycles. The number of hydrogen-bond donors (Lipinski definition) is 1. The third kappa shape index (κ3) is 2.28. The summed E-state index contributed by atoms with van der Waals surface area (Å²) in [6, 6.07) is 8.17. The van der Waals surface area contributed by atoms with Gasteiger partial charge in [-0.3, -0.25) is 9.59 Å². The largest absolute Gasteiger partial charge is 0.481 e. The molecule has 122 valence electrons. The summed E-state index contributed by atoms with van der Waals surface area (Å²) in [5, 5.41) is 9.54. The summed E-state index contributed by atoms with van der Waals surface area (Å²) in [6.45, 7) is 1.01. The highest BCUT2D eigenvalue weighted by Gasteiger charge is 2.56. The molecule has 0 bridgehead atoms. The fourth-order valence-electron chi connectivity index (χ4n) is 4.57. The molecule has 0 aromatic heterocycles. The van der Waals surface area contributed by atoms with Crippen LogP contribution in [-0.2, 0) is 16.0 Å². The number of likely N-dealkylation sites (tertiary alicyclic amines) is 1. The first kappa shape index (κ1) is 15.1. The summed E-state index contributed by atoms with van der Waals surface area (Å²) < 4.78 is 0. The summed E-state index contributed by atoms with van der Waals surface area (Å²) in [5.74, 6) is 0.478. The van der Waals surface area contributed by atoms with Gasteiger partial charge in [0, 0.05) is 13.1 Å². The normalized spacial score (nSPS) is 32.4. The van der Waals surface area contributed by atoms with Gasteiger partial charge in [0.15, 0.2) is 0 Å². The molecule has 1 saturated heterocycles. The van der Waals surface area contributed by atoms with Crippen LogP contribution in [0.1, 0.15) is 35.6 Å². The fraction of sp³-hybridized carbons (Fsp3) is 0.556. The highest BCUT2D eigenvalue weighted by Crippen LogP contribution is 2.50. The Morgan fingerprint density at radius 1 is 1.30 bits per heavy atom. The minimum atomic E-state index is -0.716. The van der Waals surface area contributed by atoms with Gasteiger partial charge in [0.05, 0.1) is 5.41 Å². The topological polar surface area (TPSA) is 57.6 Å². The molecule has 4 rings (SSSR count). The van der Waals surface area contributed by atoms with E-state index in [9.17, 15) is 14.7 Å². The number of nitrogens with zero attached hydrogens (tertiary/aromatic N) is 1. The summed E-state index contributed by atoms with van der Waals surface area (Å²) in [6.07, 6.45) is 3.63. The van der Waals surface area contributed by atoms with E-state index in [0.29, 0.717) is 19.5 Å². The van der Waals surface area contributed by atoms with Crippen molar-refractivity contribution >= 4 is 23.6 Å². The molecule has 3 atom stereocenters. The number of aliphatic carboxylic acids is 1. The molecule has 3 aliphatic rings. The first-order valence-corrected chi connectivity index (χ1v) is 9.38. The number of carboxylic acid groups (broad SMARTS) is 1. The van der Waals surface area contributed by atoms with E-state index >= 15 is 0 Å². The SMILES string of the molecule is O=C(C1SCCc2ccccc21)N1C[C@@H]2CCC[C@@]2(C(=O)O)C1. The zero-order chi connectivity index (χ0) is 16.0. The van der Waals surface area contributed by atoms with Crippen molar-refractivity contribution in [1.29, 1.82) is 0 Å². The van der Waals surface area contributed by atoms with Crippen LogP contribution in [0.3, 0.4) is 0 Å². The molecular weight excluding hydrogens is 310 g/mol. The van der Waals surface area contributed by atoms with E-state index in [4.69, 9.17) is 0 Å². The molecule has 1 aliphatic carbocycles. The van der Waals surface area contributed by atoms with Gasteiger partial charge in [-0.05, 0) is 42.1 Å². The Morgan fingerprint density at radius 3 is 2.91 bits per heavy atom. The minimum Gasteiger partial charge on any atom is -0.481 e. The lowest BCUT2D eigenvalue weighted by Gasteiger charge is -2.29. The van der Waals surface area contributed by atoms with Crippen LogP contribution in [0.25, 0.3) is 0 Å². The monoisotopic (exact) mass is 331 g/mol. The van der Waals surface area contributed by atoms with E-state index in [-0.39, 0.29) is 17.1 Å². The first-order valence-electron chi connectivity index (χ1n) is 8.33. The van der Waals surface area contributed by atoms with Crippen molar-refractivity contribution < 1.29 is 14.7 Å². The smallest absolute Gasteiger partial charge is 0.311 e. The van der Waals surface area contributed by atoms with Gasteiger partial charge < -0.3 is 10.0 Å². The van der Waals surface area contributed by atoms with E-state index in [2.05, 4.69) is 6.07 Å². The van der Waals surface area contributed by atoms with Gasteiger partial charge in [-0.15, -0.1) is 11.8 Å². The molecule has 1 unspecified atom stereocenters. The number of hydrogen-bond acceptors (Lipinski definition) is 3. The van der Waals surface area contributed by atoms with Crippen molar-refractivity contribution in [2.24, 2.45) is 11.3 Å².